The number of hydrogen-bond acceptors (Lipinski definition) is 2. The second-order valence-corrected chi connectivity index (χ2v) is 8.02. The third kappa shape index (κ3) is 4.01. The molecule has 5 nitrogen and oxygen atoms in total. The molecule has 0 saturated carbocycles. The molecule has 1 aliphatic rings. The zero-order valence-corrected chi connectivity index (χ0v) is 18.5. The number of halogens is 2. The Morgan fingerprint density at radius 3 is 2.53 bits per heavy atom. The largest absolute Gasteiger partial charge is 0.492 e. The lowest BCUT2D eigenvalue weighted by atomic mass is 10.0. The number of ether oxygens (including phenoxy) is 1. The molecule has 172 valence electrons. The summed E-state index contributed by atoms with van der Waals surface area (Å²) in [5, 5.41) is 2.94. The highest BCUT2D eigenvalue weighted by Crippen LogP contribution is 2.38. The summed E-state index contributed by atoms with van der Waals surface area (Å²) >= 11 is 0. The van der Waals surface area contributed by atoms with Crippen LogP contribution in [-0.4, -0.2) is 22.1 Å². The number of urea groups is 1. The van der Waals surface area contributed by atoms with Crippen molar-refractivity contribution in [2.75, 3.05) is 11.9 Å². The lowest BCUT2D eigenvalue weighted by Gasteiger charge is -2.31. The van der Waals surface area contributed by atoms with Gasteiger partial charge in [0.1, 0.15) is 17.4 Å². The van der Waals surface area contributed by atoms with E-state index in [1.165, 1.54) is 12.1 Å². The molecule has 1 atom stereocenters. The van der Waals surface area contributed by atoms with E-state index in [-0.39, 0.29) is 6.54 Å². The van der Waals surface area contributed by atoms with Crippen molar-refractivity contribution in [3.63, 3.8) is 0 Å². The number of benzene rings is 3. The first-order chi connectivity index (χ1) is 16.5. The Balaban J connectivity index is 1.64. The number of nitrogens with zero attached hydrogens (tertiary/aromatic N) is 2. The average Bonchev–Trinajstić information content (AvgIpc) is 3.24. The fourth-order valence-corrected chi connectivity index (χ4v) is 4.46. The molecule has 2 amide bonds. The van der Waals surface area contributed by atoms with Crippen LogP contribution in [-0.2, 0) is 6.54 Å². The summed E-state index contributed by atoms with van der Waals surface area (Å²) in [7, 11) is 0. The molecule has 0 radical (unpaired) electrons. The molecule has 0 aliphatic carbocycles. The second-order valence-electron chi connectivity index (χ2n) is 8.02. The van der Waals surface area contributed by atoms with Crippen LogP contribution in [0.2, 0.25) is 0 Å². The van der Waals surface area contributed by atoms with Gasteiger partial charge in [0.2, 0.25) is 0 Å². The molecule has 0 saturated heterocycles. The molecule has 1 unspecified atom stereocenters. The first-order valence-electron chi connectivity index (χ1n) is 11.1. The van der Waals surface area contributed by atoms with Gasteiger partial charge in [-0.3, -0.25) is 0 Å². The Hall–Kier alpha value is -4.13. The molecule has 3 aromatic carbocycles. The van der Waals surface area contributed by atoms with E-state index >= 15 is 0 Å². The van der Waals surface area contributed by atoms with Crippen LogP contribution in [0.3, 0.4) is 0 Å². The van der Waals surface area contributed by atoms with E-state index in [4.69, 9.17) is 4.74 Å². The highest BCUT2D eigenvalue weighted by atomic mass is 19.1. The van der Waals surface area contributed by atoms with Gasteiger partial charge in [-0.05, 0) is 60.5 Å². The number of anilines is 1. The van der Waals surface area contributed by atoms with E-state index in [0.29, 0.717) is 23.6 Å². The maximum absolute atomic E-state index is 14.3. The zero-order chi connectivity index (χ0) is 23.7. The van der Waals surface area contributed by atoms with Gasteiger partial charge in [-0.25, -0.2) is 13.6 Å². The number of rotatable bonds is 4. The number of hydrogen-bond donors (Lipinski definition) is 1. The number of fused-ring (bicyclic) bond motifs is 3. The van der Waals surface area contributed by atoms with Crippen molar-refractivity contribution in [2.24, 2.45) is 0 Å². The van der Waals surface area contributed by atoms with E-state index in [0.717, 1.165) is 23.0 Å². The SMILES string of the molecule is CCOc1ccccc1NC(=O)N1Cc2ccccc2-n2cccc2C1c1cc(F)cc(F)c1. The summed E-state index contributed by atoms with van der Waals surface area (Å²) < 4.78 is 36.2. The van der Waals surface area contributed by atoms with E-state index in [9.17, 15) is 13.6 Å². The smallest absolute Gasteiger partial charge is 0.323 e. The van der Waals surface area contributed by atoms with Gasteiger partial charge >= 0.3 is 6.03 Å². The van der Waals surface area contributed by atoms with Crippen molar-refractivity contribution in [1.29, 1.82) is 0 Å². The van der Waals surface area contributed by atoms with Crippen LogP contribution >= 0.6 is 0 Å². The van der Waals surface area contributed by atoms with Crippen LogP contribution in [0.15, 0.2) is 85.1 Å². The average molecular weight is 459 g/mol. The maximum atomic E-state index is 14.3. The van der Waals surface area contributed by atoms with Crippen molar-refractivity contribution < 1.29 is 18.3 Å². The summed E-state index contributed by atoms with van der Waals surface area (Å²) in [6.07, 6.45) is 1.89. The van der Waals surface area contributed by atoms with Gasteiger partial charge in [0.15, 0.2) is 0 Å². The van der Waals surface area contributed by atoms with Gasteiger partial charge in [0.25, 0.3) is 0 Å². The fraction of sp³-hybridized carbons (Fsp3) is 0.148. The summed E-state index contributed by atoms with van der Waals surface area (Å²) in [5.74, 6) is -0.848. The standard InChI is InChI=1S/C27H23F2N3O2/c1-2-34-25-12-6-4-9-22(25)30-27(33)32-17-18-8-3-5-10-23(18)31-13-7-11-24(31)26(32)19-14-20(28)16-21(29)15-19/h3-16,26H,2,17H2,1H3,(H,30,33). The molecular formula is C27H23F2N3O2. The lowest BCUT2D eigenvalue weighted by Crippen LogP contribution is -2.38. The van der Waals surface area contributed by atoms with Gasteiger partial charge in [0.05, 0.1) is 30.6 Å². The highest BCUT2D eigenvalue weighted by Gasteiger charge is 2.33. The highest BCUT2D eigenvalue weighted by molar-refractivity contribution is 5.91. The molecule has 1 aliphatic heterocycles. The van der Waals surface area contributed by atoms with Gasteiger partial charge < -0.3 is 19.5 Å². The van der Waals surface area contributed by atoms with E-state index < -0.39 is 23.7 Å². The van der Waals surface area contributed by atoms with Crippen molar-refractivity contribution in [2.45, 2.75) is 19.5 Å². The lowest BCUT2D eigenvalue weighted by molar-refractivity contribution is 0.194. The molecule has 1 aromatic heterocycles. The summed E-state index contributed by atoms with van der Waals surface area (Å²) in [6.45, 7) is 2.55. The molecule has 1 N–H and O–H groups in total. The predicted molar refractivity (Wildman–Crippen MR) is 126 cm³/mol. The molecule has 7 heteroatoms. The maximum Gasteiger partial charge on any atom is 0.323 e. The van der Waals surface area contributed by atoms with Crippen molar-refractivity contribution >= 4 is 11.7 Å². The van der Waals surface area contributed by atoms with Gasteiger partial charge in [-0.2, -0.15) is 0 Å². The second kappa shape index (κ2) is 9.02. The first kappa shape index (κ1) is 21.7. The van der Waals surface area contributed by atoms with Crippen molar-refractivity contribution in [1.82, 2.24) is 9.47 Å². The van der Waals surface area contributed by atoms with Crippen LogP contribution in [0, 0.1) is 11.6 Å². The topological polar surface area (TPSA) is 46.5 Å². The third-order valence-corrected chi connectivity index (χ3v) is 5.85. The van der Waals surface area contributed by atoms with Gasteiger partial charge in [0, 0.05) is 18.0 Å². The molecule has 2 heterocycles. The van der Waals surface area contributed by atoms with E-state index in [1.54, 1.807) is 23.1 Å². The Bertz CT molecular complexity index is 1330. The van der Waals surface area contributed by atoms with Crippen LogP contribution in [0.1, 0.15) is 29.8 Å². The van der Waals surface area contributed by atoms with E-state index in [2.05, 4.69) is 5.32 Å². The van der Waals surface area contributed by atoms with Crippen molar-refractivity contribution in [3.8, 4) is 11.4 Å². The Kier molecular flexibility index (Phi) is 5.76. The minimum absolute atomic E-state index is 0.239. The minimum atomic E-state index is -0.730. The monoisotopic (exact) mass is 459 g/mol. The van der Waals surface area contributed by atoms with Crippen LogP contribution in [0.25, 0.3) is 5.69 Å². The molecule has 5 rings (SSSR count). The molecule has 34 heavy (non-hydrogen) atoms. The molecular weight excluding hydrogens is 436 g/mol. The molecule has 0 spiro atoms. The number of nitrogens with one attached hydrogen (secondary N) is 1. The predicted octanol–water partition coefficient (Wildman–Crippen LogP) is 6.29. The summed E-state index contributed by atoms with van der Waals surface area (Å²) in [6, 6.07) is 20.9. The quantitative estimate of drug-likeness (QED) is 0.390. The summed E-state index contributed by atoms with van der Waals surface area (Å²) in [4.78, 5) is 15.3. The molecule has 0 bridgehead atoms. The number of carbonyl (C=O) groups is 1. The van der Waals surface area contributed by atoms with Gasteiger partial charge in [-0.15, -0.1) is 0 Å². The van der Waals surface area contributed by atoms with Crippen LogP contribution in [0.4, 0.5) is 19.3 Å². The van der Waals surface area contributed by atoms with Crippen molar-refractivity contribution in [3.05, 3.63) is 114 Å². The first-order valence-corrected chi connectivity index (χ1v) is 11.1. The van der Waals surface area contributed by atoms with Gasteiger partial charge in [-0.1, -0.05) is 30.3 Å². The Morgan fingerprint density at radius 2 is 1.74 bits per heavy atom. The normalized spacial score (nSPS) is 14.7. The van der Waals surface area contributed by atoms with Crippen LogP contribution in [0.5, 0.6) is 5.75 Å². The molecule has 4 aromatic rings. The van der Waals surface area contributed by atoms with E-state index in [1.807, 2.05) is 60.2 Å². The summed E-state index contributed by atoms with van der Waals surface area (Å²) in [5.41, 5.74) is 3.41. The number of para-hydroxylation sites is 3. The third-order valence-electron chi connectivity index (χ3n) is 5.85. The number of carbonyl (C=O) groups excluding carboxylic acids is 1. The fourth-order valence-electron chi connectivity index (χ4n) is 4.46. The zero-order valence-electron chi connectivity index (χ0n) is 18.5. The number of aromatic nitrogens is 1. The number of amides is 2. The molecule has 0 fully saturated rings. The minimum Gasteiger partial charge on any atom is -0.492 e. The van der Waals surface area contributed by atoms with Crippen LogP contribution < -0.4 is 10.1 Å². The Morgan fingerprint density at radius 1 is 1.00 bits per heavy atom. The Labute approximate surface area is 196 Å².